The molecule has 3 nitrogen and oxygen atoms in total. The summed E-state index contributed by atoms with van der Waals surface area (Å²) in [7, 11) is 0. The Labute approximate surface area is 150 Å². The highest BCUT2D eigenvalue weighted by Crippen LogP contribution is 2.14. The van der Waals surface area contributed by atoms with Crippen molar-refractivity contribution in [1.29, 1.82) is 0 Å². The fourth-order valence-corrected chi connectivity index (χ4v) is 3.56. The zero-order valence-electron chi connectivity index (χ0n) is 14.4. The summed E-state index contributed by atoms with van der Waals surface area (Å²) < 4.78 is 0. The summed E-state index contributed by atoms with van der Waals surface area (Å²) in [5.74, 6) is 0. The number of quaternary nitrogens is 1. The topological polar surface area (TPSA) is 28.5 Å². The van der Waals surface area contributed by atoms with Crippen molar-refractivity contribution < 1.29 is 4.90 Å². The van der Waals surface area contributed by atoms with E-state index < -0.39 is 0 Å². The van der Waals surface area contributed by atoms with Crippen molar-refractivity contribution in [3.05, 3.63) is 65.2 Å². The van der Waals surface area contributed by atoms with Gasteiger partial charge in [-0.2, -0.15) is 0 Å². The monoisotopic (exact) mass is 340 g/mol. The molecule has 1 fully saturated rings. The molecule has 0 radical (unpaired) electrons. The van der Waals surface area contributed by atoms with E-state index in [2.05, 4.69) is 73.0 Å². The lowest BCUT2D eigenvalue weighted by Crippen LogP contribution is -3.09. The maximum Gasteiger partial charge on any atom is 0.171 e. The van der Waals surface area contributed by atoms with Crippen molar-refractivity contribution in [2.24, 2.45) is 0 Å². The van der Waals surface area contributed by atoms with Crippen molar-refractivity contribution in [3.8, 4) is 0 Å². The summed E-state index contributed by atoms with van der Waals surface area (Å²) in [6.07, 6.45) is 1.16. The van der Waals surface area contributed by atoms with E-state index in [9.17, 15) is 0 Å². The van der Waals surface area contributed by atoms with Gasteiger partial charge in [0.25, 0.3) is 0 Å². The van der Waals surface area contributed by atoms with Gasteiger partial charge in [0.05, 0.1) is 19.1 Å². The summed E-state index contributed by atoms with van der Waals surface area (Å²) in [6, 6.07) is 17.5. The van der Waals surface area contributed by atoms with Crippen LogP contribution in [0.15, 0.2) is 48.5 Å². The van der Waals surface area contributed by atoms with Gasteiger partial charge in [0.2, 0.25) is 0 Å². The molecule has 24 heavy (non-hydrogen) atoms. The molecule has 2 aromatic carbocycles. The first kappa shape index (κ1) is 16.9. The molecule has 2 aromatic rings. The molecule has 2 atom stereocenters. The number of benzene rings is 2. The molecule has 3 rings (SSSR count). The predicted octanol–water partition coefficient (Wildman–Crippen LogP) is 2.45. The Morgan fingerprint density at radius 2 is 1.92 bits per heavy atom. The molecule has 126 valence electrons. The number of anilines is 1. The molecule has 1 unspecified atom stereocenters. The van der Waals surface area contributed by atoms with Crippen LogP contribution < -0.4 is 15.5 Å². The molecule has 1 saturated heterocycles. The summed E-state index contributed by atoms with van der Waals surface area (Å²) in [5.41, 5.74) is 5.04. The van der Waals surface area contributed by atoms with E-state index in [1.807, 2.05) is 0 Å². The van der Waals surface area contributed by atoms with E-state index >= 15 is 0 Å². The van der Waals surface area contributed by atoms with E-state index in [4.69, 9.17) is 12.2 Å². The maximum atomic E-state index is 5.49. The smallest absolute Gasteiger partial charge is 0.171 e. The van der Waals surface area contributed by atoms with Gasteiger partial charge in [-0.15, -0.1) is 0 Å². The fraction of sp³-hybridized carbons (Fsp3) is 0.350. The minimum atomic E-state index is 0.454. The Bertz CT molecular complexity index is 699. The molecule has 0 bridgehead atoms. The Morgan fingerprint density at radius 3 is 2.67 bits per heavy atom. The molecular weight excluding hydrogens is 314 g/mol. The number of rotatable bonds is 4. The summed E-state index contributed by atoms with van der Waals surface area (Å²) in [4.78, 5) is 1.62. The Hall–Kier alpha value is -1.91. The minimum absolute atomic E-state index is 0.454. The number of hydrogen-bond donors (Lipinski definition) is 3. The quantitative estimate of drug-likeness (QED) is 0.747. The van der Waals surface area contributed by atoms with Crippen molar-refractivity contribution in [2.45, 2.75) is 32.9 Å². The van der Waals surface area contributed by atoms with Crippen molar-refractivity contribution in [3.63, 3.8) is 0 Å². The van der Waals surface area contributed by atoms with Crippen LogP contribution in [-0.2, 0) is 6.54 Å². The molecule has 0 aromatic heterocycles. The van der Waals surface area contributed by atoms with Gasteiger partial charge in [-0.3, -0.25) is 0 Å². The third-order valence-corrected chi connectivity index (χ3v) is 5.00. The number of likely N-dealkylation sites (tertiary alicyclic amines) is 1. The van der Waals surface area contributed by atoms with Crippen molar-refractivity contribution >= 4 is 23.0 Å². The van der Waals surface area contributed by atoms with E-state index in [0.717, 1.165) is 30.3 Å². The number of nitrogens with one attached hydrogen (secondary N) is 3. The van der Waals surface area contributed by atoms with Gasteiger partial charge in [-0.05, 0) is 49.3 Å². The van der Waals surface area contributed by atoms with Crippen molar-refractivity contribution in [1.82, 2.24) is 5.32 Å². The molecule has 1 aliphatic rings. The van der Waals surface area contributed by atoms with Crippen LogP contribution in [0.2, 0.25) is 0 Å². The normalized spacial score (nSPS) is 19.9. The molecule has 0 spiro atoms. The summed E-state index contributed by atoms with van der Waals surface area (Å²) in [6.45, 7) is 7.65. The Morgan fingerprint density at radius 1 is 1.12 bits per heavy atom. The third kappa shape index (κ3) is 4.56. The first-order chi connectivity index (χ1) is 11.6. The lowest BCUT2D eigenvalue weighted by atomic mass is 10.1. The van der Waals surface area contributed by atoms with Crippen LogP contribution in [0.25, 0.3) is 0 Å². The second kappa shape index (κ2) is 7.77. The van der Waals surface area contributed by atoms with Crippen LogP contribution in [0.5, 0.6) is 0 Å². The SMILES string of the molecule is Cc1ccc(NC(=S)N[C@H]2CC[NH+](Cc3ccccc3)C2)cc1C. The highest BCUT2D eigenvalue weighted by atomic mass is 32.1. The molecule has 0 aliphatic carbocycles. The van der Waals surface area contributed by atoms with Gasteiger partial charge >= 0.3 is 0 Å². The Kier molecular flexibility index (Phi) is 5.48. The van der Waals surface area contributed by atoms with Gasteiger partial charge in [-0.25, -0.2) is 0 Å². The lowest BCUT2D eigenvalue weighted by molar-refractivity contribution is -0.901. The van der Waals surface area contributed by atoms with Crippen LogP contribution in [0.3, 0.4) is 0 Å². The second-order valence-corrected chi connectivity index (χ2v) is 7.16. The summed E-state index contributed by atoms with van der Waals surface area (Å²) in [5, 5.41) is 7.52. The second-order valence-electron chi connectivity index (χ2n) is 6.75. The van der Waals surface area contributed by atoms with Crippen molar-refractivity contribution in [2.75, 3.05) is 18.4 Å². The van der Waals surface area contributed by atoms with E-state index in [1.165, 1.54) is 23.2 Å². The standard InChI is InChI=1S/C20H25N3S/c1-15-8-9-18(12-16(15)2)21-20(24)22-19-10-11-23(14-19)13-17-6-4-3-5-7-17/h3-9,12,19H,10-11,13-14H2,1-2H3,(H2,21,22,24)/p+1/t19-/m0/s1. The molecule has 0 amide bonds. The van der Waals surface area contributed by atoms with E-state index in [0.29, 0.717) is 6.04 Å². The number of hydrogen-bond acceptors (Lipinski definition) is 1. The highest BCUT2D eigenvalue weighted by molar-refractivity contribution is 7.80. The molecular formula is C20H26N3S+. The van der Waals surface area contributed by atoms with Crippen LogP contribution in [0, 0.1) is 13.8 Å². The number of aryl methyl sites for hydroxylation is 2. The van der Waals surface area contributed by atoms with E-state index in [-0.39, 0.29) is 0 Å². The number of thiocarbonyl (C=S) groups is 1. The lowest BCUT2D eigenvalue weighted by Gasteiger charge is -2.16. The minimum Gasteiger partial charge on any atom is -0.354 e. The highest BCUT2D eigenvalue weighted by Gasteiger charge is 2.26. The van der Waals surface area contributed by atoms with Gasteiger partial charge in [-0.1, -0.05) is 36.4 Å². The molecule has 0 saturated carbocycles. The van der Waals surface area contributed by atoms with Gasteiger partial charge < -0.3 is 15.5 Å². The first-order valence-corrected chi connectivity index (χ1v) is 9.03. The zero-order valence-corrected chi connectivity index (χ0v) is 15.2. The zero-order chi connectivity index (χ0) is 16.9. The predicted molar refractivity (Wildman–Crippen MR) is 105 cm³/mol. The largest absolute Gasteiger partial charge is 0.354 e. The van der Waals surface area contributed by atoms with Crippen LogP contribution in [0.1, 0.15) is 23.1 Å². The third-order valence-electron chi connectivity index (χ3n) is 4.78. The maximum absolute atomic E-state index is 5.49. The summed E-state index contributed by atoms with van der Waals surface area (Å²) >= 11 is 5.49. The van der Waals surface area contributed by atoms with Crippen LogP contribution in [0.4, 0.5) is 5.69 Å². The van der Waals surface area contributed by atoms with Crippen LogP contribution in [-0.4, -0.2) is 24.2 Å². The van der Waals surface area contributed by atoms with Crippen LogP contribution >= 0.6 is 12.2 Å². The molecule has 1 heterocycles. The molecule has 4 heteroatoms. The average molecular weight is 341 g/mol. The van der Waals surface area contributed by atoms with E-state index in [1.54, 1.807) is 4.90 Å². The Balaban J connectivity index is 1.48. The van der Waals surface area contributed by atoms with Gasteiger partial charge in [0.1, 0.15) is 6.54 Å². The van der Waals surface area contributed by atoms with Gasteiger partial charge in [0.15, 0.2) is 5.11 Å². The molecule has 1 aliphatic heterocycles. The average Bonchev–Trinajstić information content (AvgIpc) is 2.99. The molecule has 3 N–H and O–H groups in total. The first-order valence-electron chi connectivity index (χ1n) is 8.62. The fourth-order valence-electron chi connectivity index (χ4n) is 3.27. The van der Waals surface area contributed by atoms with Gasteiger partial charge in [0, 0.05) is 17.7 Å².